The fraction of sp³-hybridized carbons (Fsp3) is 0.250. The lowest BCUT2D eigenvalue weighted by Gasteiger charge is -2.42. The summed E-state index contributed by atoms with van der Waals surface area (Å²) >= 11 is 0. The summed E-state index contributed by atoms with van der Waals surface area (Å²) in [6.45, 7) is 0.413. The quantitative estimate of drug-likeness (QED) is 0.727. The monoisotopic (exact) mass is 367 g/mol. The van der Waals surface area contributed by atoms with Crippen LogP contribution in [0.2, 0.25) is 0 Å². The molecule has 6 heteroatoms. The molecule has 2 aromatic carbocycles. The highest BCUT2D eigenvalue weighted by molar-refractivity contribution is 7.89. The van der Waals surface area contributed by atoms with Gasteiger partial charge in [0.1, 0.15) is 4.90 Å². The van der Waals surface area contributed by atoms with E-state index in [1.54, 1.807) is 10.9 Å². The molecule has 0 spiro atoms. The summed E-state index contributed by atoms with van der Waals surface area (Å²) in [5, 5.41) is 4.19. The van der Waals surface area contributed by atoms with Gasteiger partial charge in [-0.3, -0.25) is 0 Å². The molecule has 0 bridgehead atoms. The lowest BCUT2D eigenvalue weighted by Crippen LogP contribution is -2.45. The summed E-state index contributed by atoms with van der Waals surface area (Å²) in [5.41, 5.74) is 1.94. The van der Waals surface area contributed by atoms with Crippen molar-refractivity contribution in [1.82, 2.24) is 14.5 Å². The molecule has 134 valence electrons. The van der Waals surface area contributed by atoms with Gasteiger partial charge in [-0.15, -0.1) is 0 Å². The molecule has 0 unspecified atom stereocenters. The van der Waals surface area contributed by atoms with Crippen molar-refractivity contribution in [2.75, 3.05) is 6.54 Å². The summed E-state index contributed by atoms with van der Waals surface area (Å²) in [6.07, 6.45) is 6.08. The molecule has 26 heavy (non-hydrogen) atoms. The number of aromatic nitrogens is 2. The summed E-state index contributed by atoms with van der Waals surface area (Å²) in [6, 6.07) is 19.6. The van der Waals surface area contributed by atoms with Gasteiger partial charge in [-0.25, -0.2) is 17.8 Å². The highest BCUT2D eigenvalue weighted by Gasteiger charge is 2.39. The molecule has 0 saturated heterocycles. The Hall–Kier alpha value is -2.44. The Bertz CT molecular complexity index is 978. The molecule has 0 radical (unpaired) electrons. The molecule has 1 N–H and O–H groups in total. The molecule has 1 aromatic heterocycles. The zero-order valence-electron chi connectivity index (χ0n) is 14.4. The average Bonchev–Trinajstić information content (AvgIpc) is 3.14. The molecular weight excluding hydrogens is 346 g/mol. The predicted molar refractivity (Wildman–Crippen MR) is 101 cm³/mol. The van der Waals surface area contributed by atoms with Gasteiger partial charge in [0, 0.05) is 12.0 Å². The summed E-state index contributed by atoms with van der Waals surface area (Å²) in [5.74, 6) is 0. The van der Waals surface area contributed by atoms with Crippen molar-refractivity contribution in [3.8, 4) is 5.69 Å². The zero-order chi connectivity index (χ0) is 18.0. The summed E-state index contributed by atoms with van der Waals surface area (Å²) in [4.78, 5) is 0.184. The number of benzene rings is 2. The lowest BCUT2D eigenvalue weighted by molar-refractivity contribution is 0.245. The second-order valence-corrected chi connectivity index (χ2v) is 8.55. The minimum Gasteiger partial charge on any atom is -0.240 e. The normalized spacial score (nSPS) is 16.2. The molecule has 1 heterocycles. The highest BCUT2D eigenvalue weighted by atomic mass is 32.2. The van der Waals surface area contributed by atoms with Crippen molar-refractivity contribution in [1.29, 1.82) is 0 Å². The fourth-order valence-electron chi connectivity index (χ4n) is 3.45. The molecule has 4 rings (SSSR count). The Balaban J connectivity index is 1.52. The van der Waals surface area contributed by atoms with Gasteiger partial charge >= 0.3 is 0 Å². The Kier molecular flexibility index (Phi) is 4.38. The first-order valence-corrected chi connectivity index (χ1v) is 10.2. The number of hydrogen-bond donors (Lipinski definition) is 1. The smallest absolute Gasteiger partial charge is 0.240 e. The minimum atomic E-state index is -3.60. The van der Waals surface area contributed by atoms with E-state index in [4.69, 9.17) is 0 Å². The van der Waals surface area contributed by atoms with E-state index < -0.39 is 10.0 Å². The van der Waals surface area contributed by atoms with Crippen molar-refractivity contribution in [2.24, 2.45) is 0 Å². The zero-order valence-corrected chi connectivity index (χ0v) is 15.2. The summed E-state index contributed by atoms with van der Waals surface area (Å²) in [7, 11) is -3.60. The largest absolute Gasteiger partial charge is 0.243 e. The van der Waals surface area contributed by atoms with Gasteiger partial charge in [0.25, 0.3) is 0 Å². The van der Waals surface area contributed by atoms with Crippen LogP contribution < -0.4 is 4.72 Å². The SMILES string of the molecule is O=S(=O)(NCC1(c2ccccc2)CCC1)c1cnn(-c2ccccc2)c1. The number of sulfonamides is 1. The van der Waals surface area contributed by atoms with E-state index in [1.807, 2.05) is 48.5 Å². The van der Waals surface area contributed by atoms with E-state index in [1.165, 1.54) is 11.8 Å². The minimum absolute atomic E-state index is 0.0935. The molecule has 1 aliphatic rings. The molecular formula is C20H21N3O2S. The van der Waals surface area contributed by atoms with Gasteiger partial charge in [0.05, 0.1) is 18.1 Å². The van der Waals surface area contributed by atoms with Crippen LogP contribution in [0.3, 0.4) is 0 Å². The second kappa shape index (κ2) is 6.70. The number of hydrogen-bond acceptors (Lipinski definition) is 3. The summed E-state index contributed by atoms with van der Waals surface area (Å²) < 4.78 is 29.8. The van der Waals surface area contributed by atoms with Crippen LogP contribution >= 0.6 is 0 Å². The Morgan fingerprint density at radius 1 is 1.00 bits per heavy atom. The van der Waals surface area contributed by atoms with Crippen LogP contribution in [0, 0.1) is 0 Å². The van der Waals surface area contributed by atoms with Crippen LogP contribution in [0.4, 0.5) is 0 Å². The number of para-hydroxylation sites is 1. The van der Waals surface area contributed by atoms with E-state index in [-0.39, 0.29) is 10.3 Å². The third-order valence-electron chi connectivity index (χ3n) is 5.19. The first-order valence-electron chi connectivity index (χ1n) is 8.74. The Morgan fingerprint density at radius 3 is 2.27 bits per heavy atom. The van der Waals surface area contributed by atoms with E-state index in [2.05, 4.69) is 22.0 Å². The molecule has 1 saturated carbocycles. The fourth-order valence-corrected chi connectivity index (χ4v) is 4.50. The molecule has 0 aliphatic heterocycles. The van der Waals surface area contributed by atoms with E-state index >= 15 is 0 Å². The third-order valence-corrected chi connectivity index (χ3v) is 6.54. The second-order valence-electron chi connectivity index (χ2n) is 6.78. The van der Waals surface area contributed by atoms with Crippen LogP contribution in [-0.4, -0.2) is 24.7 Å². The van der Waals surface area contributed by atoms with Crippen LogP contribution in [-0.2, 0) is 15.4 Å². The van der Waals surface area contributed by atoms with Crippen molar-refractivity contribution < 1.29 is 8.42 Å². The first-order chi connectivity index (χ1) is 12.6. The van der Waals surface area contributed by atoms with Crippen LogP contribution in [0.5, 0.6) is 0 Å². The Morgan fingerprint density at radius 2 is 1.65 bits per heavy atom. The van der Waals surface area contributed by atoms with Crippen molar-refractivity contribution in [2.45, 2.75) is 29.6 Å². The molecule has 5 nitrogen and oxygen atoms in total. The number of nitrogens with one attached hydrogen (secondary N) is 1. The van der Waals surface area contributed by atoms with Crippen molar-refractivity contribution in [3.63, 3.8) is 0 Å². The van der Waals surface area contributed by atoms with Gasteiger partial charge in [0.2, 0.25) is 10.0 Å². The topological polar surface area (TPSA) is 64.0 Å². The van der Waals surface area contributed by atoms with E-state index in [0.717, 1.165) is 24.9 Å². The standard InChI is InChI=1S/C20H21N3O2S/c24-26(25,19-14-21-23(15-19)18-10-5-2-6-11-18)22-16-20(12-7-13-20)17-8-3-1-4-9-17/h1-6,8-11,14-15,22H,7,12-13,16H2. The van der Waals surface area contributed by atoms with Gasteiger partial charge in [-0.05, 0) is 30.5 Å². The van der Waals surface area contributed by atoms with Gasteiger partial charge < -0.3 is 0 Å². The number of nitrogens with zero attached hydrogens (tertiary/aromatic N) is 2. The van der Waals surface area contributed by atoms with Crippen molar-refractivity contribution in [3.05, 3.63) is 78.6 Å². The maximum Gasteiger partial charge on any atom is 0.243 e. The maximum atomic E-state index is 12.7. The van der Waals surface area contributed by atoms with E-state index in [0.29, 0.717) is 6.54 Å². The van der Waals surface area contributed by atoms with Gasteiger partial charge in [-0.2, -0.15) is 5.10 Å². The average molecular weight is 367 g/mol. The van der Waals surface area contributed by atoms with Crippen LogP contribution in [0.15, 0.2) is 78.0 Å². The Labute approximate surface area is 153 Å². The third kappa shape index (κ3) is 3.18. The van der Waals surface area contributed by atoms with Crippen molar-refractivity contribution >= 4 is 10.0 Å². The predicted octanol–water partition coefficient (Wildman–Crippen LogP) is 3.27. The molecule has 3 aromatic rings. The highest BCUT2D eigenvalue weighted by Crippen LogP contribution is 2.43. The maximum absolute atomic E-state index is 12.7. The molecule has 0 atom stereocenters. The van der Waals surface area contributed by atoms with Crippen LogP contribution in [0.25, 0.3) is 5.69 Å². The number of rotatable bonds is 6. The lowest BCUT2D eigenvalue weighted by atomic mass is 9.64. The van der Waals surface area contributed by atoms with E-state index in [9.17, 15) is 8.42 Å². The van der Waals surface area contributed by atoms with Gasteiger partial charge in [0.15, 0.2) is 0 Å². The van der Waals surface area contributed by atoms with Gasteiger partial charge in [-0.1, -0.05) is 55.0 Å². The molecule has 1 fully saturated rings. The van der Waals surface area contributed by atoms with Crippen LogP contribution in [0.1, 0.15) is 24.8 Å². The molecule has 0 amide bonds. The molecule has 1 aliphatic carbocycles. The first kappa shape index (κ1) is 17.0.